The van der Waals surface area contributed by atoms with Crippen molar-refractivity contribution in [1.82, 2.24) is 4.90 Å². The first kappa shape index (κ1) is 12.2. The topological polar surface area (TPSA) is 12.5 Å². The molecule has 1 unspecified atom stereocenters. The summed E-state index contributed by atoms with van der Waals surface area (Å²) in [6, 6.07) is 8.85. The van der Waals surface area contributed by atoms with Gasteiger partial charge in [0.25, 0.3) is 0 Å². The molecular weight excluding hydrogens is 222 g/mol. The van der Waals surface area contributed by atoms with Crippen molar-refractivity contribution >= 4 is 0 Å². The normalized spacial score (nSPS) is 28.9. The van der Waals surface area contributed by atoms with Gasteiger partial charge in [-0.15, -0.1) is 0 Å². The summed E-state index contributed by atoms with van der Waals surface area (Å²) in [4.78, 5) is 2.58. The van der Waals surface area contributed by atoms with Gasteiger partial charge in [-0.2, -0.15) is 0 Å². The maximum atomic E-state index is 6.07. The lowest BCUT2D eigenvalue weighted by molar-refractivity contribution is -0.160. The molecule has 1 saturated heterocycles. The summed E-state index contributed by atoms with van der Waals surface area (Å²) in [5.41, 5.74) is 2.76. The van der Waals surface area contributed by atoms with E-state index in [0.717, 1.165) is 6.42 Å². The molecule has 0 radical (unpaired) electrons. The minimum absolute atomic E-state index is 0.144. The molecule has 2 aliphatic rings. The van der Waals surface area contributed by atoms with Crippen molar-refractivity contribution in [1.29, 1.82) is 0 Å². The summed E-state index contributed by atoms with van der Waals surface area (Å²) in [7, 11) is 1.89. The van der Waals surface area contributed by atoms with Gasteiger partial charge in [0.1, 0.15) is 5.72 Å². The Morgan fingerprint density at radius 1 is 1.06 bits per heavy atom. The van der Waals surface area contributed by atoms with Gasteiger partial charge in [0.2, 0.25) is 0 Å². The van der Waals surface area contributed by atoms with Crippen molar-refractivity contribution in [3.05, 3.63) is 35.4 Å². The van der Waals surface area contributed by atoms with Crippen molar-refractivity contribution < 1.29 is 4.74 Å². The van der Waals surface area contributed by atoms with E-state index in [0.29, 0.717) is 0 Å². The third-order valence-corrected chi connectivity index (χ3v) is 4.60. The highest BCUT2D eigenvalue weighted by Gasteiger charge is 2.42. The quantitative estimate of drug-likeness (QED) is 0.792. The van der Waals surface area contributed by atoms with Gasteiger partial charge < -0.3 is 4.74 Å². The van der Waals surface area contributed by atoms with Crippen LogP contribution in [-0.4, -0.2) is 25.1 Å². The standard InChI is InChI=1S/C16H23NO/c1-18-16(17-12-5-2-6-13-17)11-7-9-14-8-3-4-10-15(14)16/h3-4,8,10H,2,5-7,9,11-13H2,1H3. The molecule has 98 valence electrons. The molecule has 3 rings (SSSR count). The number of ether oxygens (including phenoxy) is 1. The van der Waals surface area contributed by atoms with Gasteiger partial charge in [0.15, 0.2) is 0 Å². The predicted octanol–water partition coefficient (Wildman–Crippen LogP) is 3.31. The molecule has 1 heterocycles. The zero-order valence-corrected chi connectivity index (χ0v) is 11.3. The summed E-state index contributed by atoms with van der Waals surface area (Å²) in [6.07, 6.45) is 7.58. The van der Waals surface area contributed by atoms with Crippen LogP contribution in [0.2, 0.25) is 0 Å². The van der Waals surface area contributed by atoms with Crippen molar-refractivity contribution in [2.75, 3.05) is 20.2 Å². The van der Waals surface area contributed by atoms with E-state index in [-0.39, 0.29) is 5.72 Å². The average Bonchev–Trinajstić information content (AvgIpc) is 2.47. The van der Waals surface area contributed by atoms with Gasteiger partial charge >= 0.3 is 0 Å². The number of benzene rings is 1. The summed E-state index contributed by atoms with van der Waals surface area (Å²) in [6.45, 7) is 2.37. The minimum atomic E-state index is -0.144. The second-order valence-corrected chi connectivity index (χ2v) is 5.55. The lowest BCUT2D eigenvalue weighted by Crippen LogP contribution is -2.51. The fourth-order valence-corrected chi connectivity index (χ4v) is 3.70. The van der Waals surface area contributed by atoms with Crippen molar-refractivity contribution in [3.8, 4) is 0 Å². The summed E-state index contributed by atoms with van der Waals surface area (Å²) in [5, 5.41) is 0. The summed E-state index contributed by atoms with van der Waals surface area (Å²) >= 11 is 0. The van der Waals surface area contributed by atoms with Crippen LogP contribution in [0.5, 0.6) is 0 Å². The average molecular weight is 245 g/mol. The lowest BCUT2D eigenvalue weighted by atomic mass is 9.82. The Kier molecular flexibility index (Phi) is 3.40. The zero-order valence-electron chi connectivity index (χ0n) is 11.3. The van der Waals surface area contributed by atoms with E-state index in [9.17, 15) is 0 Å². The third-order valence-electron chi connectivity index (χ3n) is 4.60. The highest BCUT2D eigenvalue weighted by molar-refractivity contribution is 5.34. The molecule has 0 aromatic heterocycles. The smallest absolute Gasteiger partial charge is 0.147 e. The molecule has 1 fully saturated rings. The van der Waals surface area contributed by atoms with Crippen LogP contribution in [0.4, 0.5) is 0 Å². The third kappa shape index (κ3) is 1.88. The lowest BCUT2D eigenvalue weighted by Gasteiger charge is -2.47. The van der Waals surface area contributed by atoms with Gasteiger partial charge in [-0.25, -0.2) is 0 Å². The highest BCUT2D eigenvalue weighted by Crippen LogP contribution is 2.41. The molecule has 0 bridgehead atoms. The number of likely N-dealkylation sites (tertiary alicyclic amines) is 1. The van der Waals surface area contributed by atoms with Gasteiger partial charge in [-0.05, 0) is 37.7 Å². The molecular formula is C16H23NO. The van der Waals surface area contributed by atoms with Crippen LogP contribution in [0.3, 0.4) is 0 Å². The first-order valence-electron chi connectivity index (χ1n) is 7.25. The van der Waals surface area contributed by atoms with E-state index in [4.69, 9.17) is 4.74 Å². The molecule has 0 amide bonds. The monoisotopic (exact) mass is 245 g/mol. The molecule has 0 saturated carbocycles. The zero-order chi connectivity index (χ0) is 12.4. The van der Waals surface area contributed by atoms with Gasteiger partial charge in [-0.3, -0.25) is 4.90 Å². The summed E-state index contributed by atoms with van der Waals surface area (Å²) in [5.74, 6) is 0. The Labute approximate surface area is 110 Å². The molecule has 1 atom stereocenters. The van der Waals surface area contributed by atoms with E-state index in [1.54, 1.807) is 0 Å². The second kappa shape index (κ2) is 5.02. The molecule has 18 heavy (non-hydrogen) atoms. The first-order chi connectivity index (χ1) is 8.87. The maximum Gasteiger partial charge on any atom is 0.147 e. The Hall–Kier alpha value is -0.860. The van der Waals surface area contributed by atoms with Crippen molar-refractivity contribution in [2.24, 2.45) is 0 Å². The molecule has 1 aromatic carbocycles. The molecule has 1 aliphatic heterocycles. The van der Waals surface area contributed by atoms with Crippen molar-refractivity contribution in [3.63, 3.8) is 0 Å². The van der Waals surface area contributed by atoms with Crippen LogP contribution in [0.25, 0.3) is 0 Å². The Morgan fingerprint density at radius 3 is 2.61 bits per heavy atom. The van der Waals surface area contributed by atoms with Gasteiger partial charge in [-0.1, -0.05) is 30.7 Å². The van der Waals surface area contributed by atoms with Crippen LogP contribution in [0.15, 0.2) is 24.3 Å². The SMILES string of the molecule is COC1(N2CCCCC2)CCCc2ccccc21. The Balaban J connectivity index is 2.01. The molecule has 2 nitrogen and oxygen atoms in total. The first-order valence-corrected chi connectivity index (χ1v) is 7.25. The molecule has 0 N–H and O–H groups in total. The largest absolute Gasteiger partial charge is 0.359 e. The van der Waals surface area contributed by atoms with Crippen LogP contribution < -0.4 is 0 Å². The van der Waals surface area contributed by atoms with E-state index in [2.05, 4.69) is 29.2 Å². The maximum absolute atomic E-state index is 6.07. The minimum Gasteiger partial charge on any atom is -0.359 e. The van der Waals surface area contributed by atoms with Crippen molar-refractivity contribution in [2.45, 2.75) is 44.2 Å². The van der Waals surface area contributed by atoms with Gasteiger partial charge in [0, 0.05) is 25.8 Å². The second-order valence-electron chi connectivity index (χ2n) is 5.55. The molecule has 0 spiro atoms. The van der Waals surface area contributed by atoms with Crippen LogP contribution in [0, 0.1) is 0 Å². The Morgan fingerprint density at radius 2 is 1.83 bits per heavy atom. The van der Waals surface area contributed by atoms with E-state index >= 15 is 0 Å². The Bertz CT molecular complexity index is 411. The predicted molar refractivity (Wildman–Crippen MR) is 73.5 cm³/mol. The number of methoxy groups -OCH3 is 1. The highest BCUT2D eigenvalue weighted by atomic mass is 16.5. The number of hydrogen-bond acceptors (Lipinski definition) is 2. The number of piperidine rings is 1. The van der Waals surface area contributed by atoms with E-state index in [1.807, 2.05) is 7.11 Å². The van der Waals surface area contributed by atoms with Crippen LogP contribution >= 0.6 is 0 Å². The fraction of sp³-hybridized carbons (Fsp3) is 0.625. The molecule has 1 aliphatic carbocycles. The number of hydrogen-bond donors (Lipinski definition) is 0. The number of aryl methyl sites for hydroxylation is 1. The van der Waals surface area contributed by atoms with Crippen LogP contribution in [0.1, 0.15) is 43.2 Å². The fourth-order valence-electron chi connectivity index (χ4n) is 3.70. The number of nitrogens with zero attached hydrogens (tertiary/aromatic N) is 1. The van der Waals surface area contributed by atoms with E-state index in [1.165, 1.54) is 56.3 Å². The number of fused-ring (bicyclic) bond motifs is 1. The van der Waals surface area contributed by atoms with Crippen LogP contribution in [-0.2, 0) is 16.9 Å². The van der Waals surface area contributed by atoms with Gasteiger partial charge in [0.05, 0.1) is 0 Å². The molecule has 2 heteroatoms. The number of rotatable bonds is 2. The molecule has 1 aromatic rings. The van der Waals surface area contributed by atoms with E-state index < -0.39 is 0 Å². The summed E-state index contributed by atoms with van der Waals surface area (Å²) < 4.78 is 6.07.